The molecule has 206 valence electrons. The Morgan fingerprint density at radius 1 is 1.32 bits per heavy atom. The summed E-state index contributed by atoms with van der Waals surface area (Å²) in [6, 6.07) is 3.31. The molecular weight excluding hydrogens is 560 g/mol. The molecule has 0 amide bonds. The average Bonchev–Trinajstić information content (AvgIpc) is 3.68. The minimum Gasteiger partial charge on any atom is -0.509 e. The molecule has 0 aromatic heterocycles. The number of hydrogen-bond acceptors (Lipinski definition) is 6. The van der Waals surface area contributed by atoms with Crippen LogP contribution in [-0.2, 0) is 14.3 Å². The molecule has 6 nitrogen and oxygen atoms in total. The number of epoxide rings is 1. The van der Waals surface area contributed by atoms with Crippen molar-refractivity contribution in [1.82, 2.24) is 5.01 Å². The number of aryl methyl sites for hydroxylation is 2. The van der Waals surface area contributed by atoms with Crippen LogP contribution in [0.5, 0.6) is 0 Å². The summed E-state index contributed by atoms with van der Waals surface area (Å²) in [5, 5.41) is 9.38. The second-order valence-corrected chi connectivity index (χ2v) is 10.0. The van der Waals surface area contributed by atoms with Crippen LogP contribution in [0.4, 0.5) is 17.6 Å². The minimum absolute atomic E-state index is 0.104. The highest BCUT2D eigenvalue weighted by atomic mass is 79.9. The Balaban J connectivity index is 0.000000283. The fourth-order valence-electron chi connectivity index (χ4n) is 2.55. The Kier molecular flexibility index (Phi) is 11.0. The molecule has 3 rings (SSSR count). The van der Waals surface area contributed by atoms with Gasteiger partial charge in [0.1, 0.15) is 17.3 Å². The van der Waals surface area contributed by atoms with Crippen molar-refractivity contribution in [3.05, 3.63) is 82.2 Å². The second kappa shape index (κ2) is 12.6. The molecule has 1 aromatic carbocycles. The minimum atomic E-state index is -4.54. The van der Waals surface area contributed by atoms with E-state index in [1.165, 1.54) is 13.0 Å². The summed E-state index contributed by atoms with van der Waals surface area (Å²) < 4.78 is 60.8. The Bertz CT molecular complexity index is 1030. The van der Waals surface area contributed by atoms with Crippen LogP contribution in [0, 0.1) is 25.1 Å². The molecule has 0 bridgehead atoms. The maximum Gasteiger partial charge on any atom is 0.432 e. The van der Waals surface area contributed by atoms with Crippen LogP contribution in [0.1, 0.15) is 44.7 Å². The van der Waals surface area contributed by atoms with Crippen LogP contribution >= 0.6 is 15.9 Å². The first-order valence-electron chi connectivity index (χ1n) is 11.1. The average molecular weight is 593 g/mol. The SMILES string of the molecule is C=C(C)/C=C(\N(N)C1OC1=C)C(F)(F)F.C=C(O)C(C)OC(=O)C1(C)CC1.Cc1cc(C)c(Br)cc1F. The summed E-state index contributed by atoms with van der Waals surface area (Å²) in [5.41, 5.74) is 0.728. The van der Waals surface area contributed by atoms with Gasteiger partial charge in [-0.25, -0.2) is 10.2 Å². The van der Waals surface area contributed by atoms with Crippen molar-refractivity contribution >= 4 is 21.9 Å². The molecule has 2 unspecified atom stereocenters. The number of carbonyl (C=O) groups is 1. The van der Waals surface area contributed by atoms with Gasteiger partial charge in [0.25, 0.3) is 0 Å². The molecule has 3 N–H and O–H groups in total. The van der Waals surface area contributed by atoms with Crippen LogP contribution in [-0.4, -0.2) is 34.6 Å². The number of halogens is 5. The number of hydrogen-bond donors (Lipinski definition) is 2. The Labute approximate surface area is 223 Å². The zero-order valence-electron chi connectivity index (χ0n) is 21.5. The predicted molar refractivity (Wildman–Crippen MR) is 137 cm³/mol. The Morgan fingerprint density at radius 2 is 1.84 bits per heavy atom. The van der Waals surface area contributed by atoms with E-state index in [9.17, 15) is 22.4 Å². The number of alkyl halides is 3. The van der Waals surface area contributed by atoms with E-state index in [0.717, 1.165) is 29.0 Å². The second-order valence-electron chi connectivity index (χ2n) is 9.17. The third-order valence-corrected chi connectivity index (χ3v) is 6.23. The summed E-state index contributed by atoms with van der Waals surface area (Å²) in [6.45, 7) is 18.6. The van der Waals surface area contributed by atoms with Crippen LogP contribution in [0.15, 0.2) is 65.2 Å². The highest BCUT2D eigenvalue weighted by Crippen LogP contribution is 2.46. The van der Waals surface area contributed by atoms with Gasteiger partial charge in [-0.3, -0.25) is 9.80 Å². The van der Waals surface area contributed by atoms with Crippen molar-refractivity contribution in [3.63, 3.8) is 0 Å². The van der Waals surface area contributed by atoms with Gasteiger partial charge >= 0.3 is 12.1 Å². The van der Waals surface area contributed by atoms with Gasteiger partial charge in [-0.1, -0.05) is 47.3 Å². The predicted octanol–water partition coefficient (Wildman–Crippen LogP) is 7.05. The van der Waals surface area contributed by atoms with Crippen LogP contribution in [0.3, 0.4) is 0 Å². The fourth-order valence-corrected chi connectivity index (χ4v) is 2.86. The van der Waals surface area contributed by atoms with E-state index in [4.69, 9.17) is 15.7 Å². The molecule has 2 atom stereocenters. The van der Waals surface area contributed by atoms with Gasteiger partial charge in [0.2, 0.25) is 6.23 Å². The number of hydrazine groups is 1. The number of esters is 1. The number of carbonyl (C=O) groups excluding carboxylic acids is 1. The molecule has 1 aliphatic carbocycles. The molecule has 37 heavy (non-hydrogen) atoms. The standard InChI is InChI=1S/C9H11F3N2O.C9H14O3.C8H8BrF/c1-5(2)4-7(9(10,11)12)14(13)8-6(3)15-8;1-6(10)7(2)12-8(11)9(3)4-5-9;1-5-3-6(2)8(10)4-7(5)9/h4,8H,1,3,13H2,2H3;7,10H,1,4-5H2,2-3H3;3-4H,1-2H3/b7-4-;;. The lowest BCUT2D eigenvalue weighted by molar-refractivity contribution is -0.153. The van der Waals surface area contributed by atoms with Crippen molar-refractivity contribution in [2.45, 2.75) is 66.0 Å². The Hall–Kier alpha value is -2.79. The Morgan fingerprint density at radius 3 is 2.19 bits per heavy atom. The lowest BCUT2D eigenvalue weighted by Crippen LogP contribution is -2.39. The van der Waals surface area contributed by atoms with Crippen molar-refractivity contribution in [2.75, 3.05) is 0 Å². The van der Waals surface area contributed by atoms with Gasteiger partial charge in [0, 0.05) is 4.47 Å². The highest BCUT2D eigenvalue weighted by Gasteiger charge is 2.47. The van der Waals surface area contributed by atoms with E-state index >= 15 is 0 Å². The maximum absolute atomic E-state index is 12.7. The number of aliphatic hydroxyl groups is 1. The van der Waals surface area contributed by atoms with Gasteiger partial charge in [-0.05, 0) is 70.7 Å². The molecule has 2 fully saturated rings. The topological polar surface area (TPSA) is 88.3 Å². The zero-order chi connectivity index (χ0) is 28.9. The number of rotatable bonds is 6. The summed E-state index contributed by atoms with van der Waals surface area (Å²) in [6.07, 6.45) is -3.39. The monoisotopic (exact) mass is 592 g/mol. The normalized spacial score (nSPS) is 18.1. The van der Waals surface area contributed by atoms with Gasteiger partial charge in [0.15, 0.2) is 11.9 Å². The number of ether oxygens (including phenoxy) is 2. The first kappa shape index (κ1) is 32.2. The zero-order valence-corrected chi connectivity index (χ0v) is 23.1. The van der Waals surface area contributed by atoms with Crippen LogP contribution in [0.2, 0.25) is 0 Å². The van der Waals surface area contributed by atoms with E-state index in [1.807, 2.05) is 19.9 Å². The van der Waals surface area contributed by atoms with Gasteiger partial charge in [-0.15, -0.1) is 0 Å². The fraction of sp³-hybridized carbons (Fsp3) is 0.423. The molecule has 1 aliphatic heterocycles. The van der Waals surface area contributed by atoms with Crippen molar-refractivity contribution in [2.24, 2.45) is 11.3 Å². The quantitative estimate of drug-likeness (QED) is 0.0700. The number of nitrogens with two attached hydrogens (primary N) is 1. The molecule has 11 heteroatoms. The van der Waals surface area contributed by atoms with Gasteiger partial charge in [-0.2, -0.15) is 13.2 Å². The van der Waals surface area contributed by atoms with Crippen molar-refractivity contribution < 1.29 is 36.9 Å². The van der Waals surface area contributed by atoms with Gasteiger partial charge < -0.3 is 14.6 Å². The summed E-state index contributed by atoms with van der Waals surface area (Å²) in [4.78, 5) is 11.3. The number of aliphatic hydroxyl groups excluding tert-OH is 1. The van der Waals surface area contributed by atoms with Gasteiger partial charge in [0.05, 0.1) is 5.41 Å². The smallest absolute Gasteiger partial charge is 0.432 e. The first-order valence-corrected chi connectivity index (χ1v) is 11.9. The number of allylic oxidation sites excluding steroid dienone is 3. The summed E-state index contributed by atoms with van der Waals surface area (Å²) in [7, 11) is 0. The molecule has 1 aromatic rings. The summed E-state index contributed by atoms with van der Waals surface area (Å²) in [5.74, 6) is 4.99. The lowest BCUT2D eigenvalue weighted by atomic mass is 10.1. The first-order chi connectivity index (χ1) is 16.8. The van der Waals surface area contributed by atoms with E-state index in [0.29, 0.717) is 10.6 Å². The third-order valence-electron chi connectivity index (χ3n) is 5.37. The molecule has 2 aliphatic rings. The molecule has 0 spiro atoms. The lowest BCUT2D eigenvalue weighted by Gasteiger charge is -2.21. The highest BCUT2D eigenvalue weighted by molar-refractivity contribution is 9.10. The third kappa shape index (κ3) is 10.2. The van der Waals surface area contributed by atoms with E-state index in [2.05, 4.69) is 40.4 Å². The molecule has 1 saturated heterocycles. The molecule has 1 saturated carbocycles. The van der Waals surface area contributed by atoms with Crippen LogP contribution in [0.25, 0.3) is 0 Å². The van der Waals surface area contributed by atoms with Crippen molar-refractivity contribution in [1.29, 1.82) is 0 Å². The van der Waals surface area contributed by atoms with Crippen molar-refractivity contribution in [3.8, 4) is 0 Å². The van der Waals surface area contributed by atoms with Crippen LogP contribution < -0.4 is 5.84 Å². The number of benzene rings is 1. The largest absolute Gasteiger partial charge is 0.509 e. The molecule has 0 radical (unpaired) electrons. The van der Waals surface area contributed by atoms with E-state index in [-0.39, 0.29) is 34.3 Å². The van der Waals surface area contributed by atoms with E-state index < -0.39 is 24.2 Å². The summed E-state index contributed by atoms with van der Waals surface area (Å²) >= 11 is 3.24. The van der Waals surface area contributed by atoms with E-state index in [1.54, 1.807) is 13.8 Å². The maximum atomic E-state index is 12.7. The number of nitrogens with zero attached hydrogens (tertiary/aromatic N) is 1. The molecular formula is C26H33BrF4N2O4. The molecule has 1 heterocycles.